The van der Waals surface area contributed by atoms with Gasteiger partial charge in [-0.25, -0.2) is 0 Å². The van der Waals surface area contributed by atoms with Gasteiger partial charge in [0.15, 0.2) is 6.04 Å². The van der Waals surface area contributed by atoms with Gasteiger partial charge in [0.25, 0.3) is 0 Å². The first-order chi connectivity index (χ1) is 9.26. The third kappa shape index (κ3) is 2.86. The largest absolute Gasteiger partial charge is 0.485 e. The van der Waals surface area contributed by atoms with E-state index in [0.29, 0.717) is 5.75 Å². The number of fused-ring (bicyclic) bond motifs is 1. The summed E-state index contributed by atoms with van der Waals surface area (Å²) in [4.78, 5) is 14.4. The molecule has 0 amide bonds. The van der Waals surface area contributed by atoms with Crippen molar-refractivity contribution in [2.24, 2.45) is 5.11 Å². The molecule has 0 N–H and O–H groups in total. The molecule has 98 valence electrons. The summed E-state index contributed by atoms with van der Waals surface area (Å²) in [6.07, 6.45) is 2.88. The Morgan fingerprint density at radius 1 is 1.58 bits per heavy atom. The lowest BCUT2D eigenvalue weighted by molar-refractivity contribution is -0.146. The molecule has 1 aliphatic rings. The molecule has 1 heterocycles. The van der Waals surface area contributed by atoms with E-state index in [1.165, 1.54) is 0 Å². The predicted octanol–water partition coefficient (Wildman–Crippen LogP) is 2.70. The predicted molar refractivity (Wildman–Crippen MR) is 69.5 cm³/mol. The molecule has 0 fully saturated rings. The van der Waals surface area contributed by atoms with E-state index < -0.39 is 18.1 Å². The Balaban J connectivity index is 2.22. The van der Waals surface area contributed by atoms with Crippen molar-refractivity contribution in [3.8, 4) is 5.75 Å². The van der Waals surface area contributed by atoms with Gasteiger partial charge in [-0.15, -0.1) is 0 Å². The second-order valence-electron chi connectivity index (χ2n) is 3.88. The van der Waals surface area contributed by atoms with Crippen LogP contribution in [0.5, 0.6) is 5.75 Å². The number of hydrogen-bond donors (Lipinski definition) is 0. The normalized spacial score (nSPS) is 17.6. The van der Waals surface area contributed by atoms with Gasteiger partial charge < -0.3 is 9.47 Å². The number of rotatable bonds is 4. The smallest absolute Gasteiger partial charge is 0.319 e. The lowest BCUT2D eigenvalue weighted by Gasteiger charge is -2.24. The van der Waals surface area contributed by atoms with Gasteiger partial charge in [0.05, 0.1) is 6.61 Å². The Labute approximate surface area is 110 Å². The molecule has 2 rings (SSSR count). The molecule has 0 radical (unpaired) electrons. The molecule has 19 heavy (non-hydrogen) atoms. The number of esters is 1. The van der Waals surface area contributed by atoms with Gasteiger partial charge in [-0.3, -0.25) is 4.79 Å². The van der Waals surface area contributed by atoms with E-state index in [-0.39, 0.29) is 6.61 Å². The van der Waals surface area contributed by atoms with Gasteiger partial charge in [0.2, 0.25) is 0 Å². The maximum Gasteiger partial charge on any atom is 0.319 e. The van der Waals surface area contributed by atoms with Crippen molar-refractivity contribution in [2.45, 2.75) is 19.1 Å². The van der Waals surface area contributed by atoms with E-state index in [2.05, 4.69) is 10.0 Å². The number of hydrogen-bond acceptors (Lipinski definition) is 4. The Kier molecular flexibility index (Phi) is 4.05. The van der Waals surface area contributed by atoms with Crippen LogP contribution in [0, 0.1) is 0 Å². The number of ether oxygens (including phenoxy) is 2. The quantitative estimate of drug-likeness (QED) is 0.360. The van der Waals surface area contributed by atoms with Crippen molar-refractivity contribution >= 4 is 12.0 Å². The minimum atomic E-state index is -1.02. The molecule has 0 aromatic heterocycles. The lowest BCUT2D eigenvalue weighted by atomic mass is 10.1. The first kappa shape index (κ1) is 13.0. The SMILES string of the molecule is CCOC(=O)C(N=[N+]=[N-])[C@@H]1C=Cc2ccccc2O1. The second-order valence-corrected chi connectivity index (χ2v) is 3.88. The van der Waals surface area contributed by atoms with Crippen LogP contribution in [0.2, 0.25) is 0 Å². The highest BCUT2D eigenvalue weighted by molar-refractivity contribution is 5.78. The van der Waals surface area contributed by atoms with Crippen molar-refractivity contribution in [3.63, 3.8) is 0 Å². The van der Waals surface area contributed by atoms with E-state index in [0.717, 1.165) is 5.56 Å². The van der Waals surface area contributed by atoms with Crippen LogP contribution in [0.3, 0.4) is 0 Å². The number of carbonyl (C=O) groups is 1. The molecule has 1 aromatic rings. The van der Waals surface area contributed by atoms with Crippen molar-refractivity contribution in [1.29, 1.82) is 0 Å². The fourth-order valence-corrected chi connectivity index (χ4v) is 1.81. The van der Waals surface area contributed by atoms with Gasteiger partial charge in [-0.05, 0) is 24.6 Å². The van der Waals surface area contributed by atoms with Gasteiger partial charge in [0, 0.05) is 10.5 Å². The molecular weight excluding hydrogens is 246 g/mol. The summed E-state index contributed by atoms with van der Waals surface area (Å²) in [6.45, 7) is 1.92. The number of para-hydroxylation sites is 1. The zero-order valence-corrected chi connectivity index (χ0v) is 10.4. The van der Waals surface area contributed by atoms with Crippen LogP contribution in [0.25, 0.3) is 16.5 Å². The third-order valence-electron chi connectivity index (χ3n) is 2.66. The minimum absolute atomic E-state index is 0.225. The summed E-state index contributed by atoms with van der Waals surface area (Å²) in [6, 6.07) is 6.40. The molecule has 1 aliphatic heterocycles. The van der Waals surface area contributed by atoms with Crippen LogP contribution in [0.4, 0.5) is 0 Å². The topological polar surface area (TPSA) is 84.3 Å². The highest BCUT2D eigenvalue weighted by Crippen LogP contribution is 2.27. The summed E-state index contributed by atoms with van der Waals surface area (Å²) in [5, 5.41) is 3.47. The summed E-state index contributed by atoms with van der Waals surface area (Å²) < 4.78 is 10.5. The molecule has 0 saturated heterocycles. The standard InChI is InChI=1S/C13H13N3O3/c1-2-18-13(17)12(15-16-14)11-8-7-9-5-3-4-6-10(9)19-11/h3-8,11-12H,2H2,1H3/t11-,12?/m0/s1. The van der Waals surface area contributed by atoms with Crippen LogP contribution in [0.15, 0.2) is 35.5 Å². The molecule has 1 aromatic carbocycles. The van der Waals surface area contributed by atoms with E-state index >= 15 is 0 Å². The number of azide groups is 1. The fraction of sp³-hybridized carbons (Fsp3) is 0.308. The van der Waals surface area contributed by atoms with Crippen molar-refractivity contribution < 1.29 is 14.3 Å². The van der Waals surface area contributed by atoms with E-state index in [9.17, 15) is 4.79 Å². The summed E-state index contributed by atoms with van der Waals surface area (Å²) in [5.74, 6) is 0.0618. The minimum Gasteiger partial charge on any atom is -0.485 e. The van der Waals surface area contributed by atoms with E-state index in [1.54, 1.807) is 19.1 Å². The van der Waals surface area contributed by atoms with E-state index in [4.69, 9.17) is 15.0 Å². The average Bonchev–Trinajstić information content (AvgIpc) is 2.44. The van der Waals surface area contributed by atoms with Crippen LogP contribution in [0.1, 0.15) is 12.5 Å². The Hall–Kier alpha value is -2.46. The molecule has 0 bridgehead atoms. The van der Waals surface area contributed by atoms with Gasteiger partial charge in [-0.1, -0.05) is 29.4 Å². The van der Waals surface area contributed by atoms with Gasteiger partial charge in [-0.2, -0.15) is 0 Å². The summed E-state index contributed by atoms with van der Waals surface area (Å²) in [7, 11) is 0. The zero-order valence-electron chi connectivity index (χ0n) is 10.4. The second kappa shape index (κ2) is 5.93. The lowest BCUT2D eigenvalue weighted by Crippen LogP contribution is -2.37. The molecule has 1 unspecified atom stereocenters. The third-order valence-corrected chi connectivity index (χ3v) is 2.66. The van der Waals surface area contributed by atoms with Crippen molar-refractivity contribution in [1.82, 2.24) is 0 Å². The fourth-order valence-electron chi connectivity index (χ4n) is 1.81. The molecule has 0 spiro atoms. The first-order valence-corrected chi connectivity index (χ1v) is 5.91. The summed E-state index contributed by atoms with van der Waals surface area (Å²) >= 11 is 0. The van der Waals surface area contributed by atoms with Crippen molar-refractivity contribution in [2.75, 3.05) is 6.61 Å². The first-order valence-electron chi connectivity index (χ1n) is 5.91. The Bertz CT molecular complexity index is 550. The molecule has 6 nitrogen and oxygen atoms in total. The molecular formula is C13H13N3O3. The zero-order chi connectivity index (χ0) is 13.7. The van der Waals surface area contributed by atoms with Crippen LogP contribution in [-0.4, -0.2) is 24.7 Å². The Morgan fingerprint density at radius 2 is 2.37 bits per heavy atom. The maximum atomic E-state index is 11.7. The van der Waals surface area contributed by atoms with E-state index in [1.807, 2.05) is 24.3 Å². The Morgan fingerprint density at radius 3 is 3.11 bits per heavy atom. The van der Waals surface area contributed by atoms with Gasteiger partial charge in [0.1, 0.15) is 11.9 Å². The molecule has 6 heteroatoms. The number of nitrogens with zero attached hydrogens (tertiary/aromatic N) is 3. The van der Waals surface area contributed by atoms with Crippen LogP contribution >= 0.6 is 0 Å². The van der Waals surface area contributed by atoms with Gasteiger partial charge >= 0.3 is 5.97 Å². The molecule has 0 aliphatic carbocycles. The highest BCUT2D eigenvalue weighted by atomic mass is 16.5. The highest BCUT2D eigenvalue weighted by Gasteiger charge is 2.30. The molecule has 0 saturated carbocycles. The van der Waals surface area contributed by atoms with Crippen molar-refractivity contribution in [3.05, 3.63) is 46.3 Å². The molecule has 2 atom stereocenters. The average molecular weight is 259 g/mol. The summed E-state index contributed by atoms with van der Waals surface area (Å²) in [5.41, 5.74) is 9.47. The number of benzene rings is 1. The van der Waals surface area contributed by atoms with Crippen LogP contribution in [-0.2, 0) is 9.53 Å². The van der Waals surface area contributed by atoms with Crippen LogP contribution < -0.4 is 4.74 Å². The maximum absolute atomic E-state index is 11.7. The number of carbonyl (C=O) groups excluding carboxylic acids is 1. The monoisotopic (exact) mass is 259 g/mol.